The first-order valence-electron chi connectivity index (χ1n) is 7.44. The number of halogens is 2. The lowest BCUT2D eigenvalue weighted by Gasteiger charge is -2.06. The Hall–Kier alpha value is -3.04. The molecule has 0 fully saturated rings. The van der Waals surface area contributed by atoms with E-state index in [0.29, 0.717) is 10.1 Å². The van der Waals surface area contributed by atoms with Crippen molar-refractivity contribution in [3.05, 3.63) is 68.3 Å². The Morgan fingerprint density at radius 3 is 2.78 bits per heavy atom. The van der Waals surface area contributed by atoms with Gasteiger partial charge in [0.1, 0.15) is 10.7 Å². The molecule has 2 aromatic carbocycles. The fraction of sp³-hybridized carbons (Fsp3) is 0.0588. The molecule has 1 heterocycles. The van der Waals surface area contributed by atoms with Crippen molar-refractivity contribution in [3.8, 4) is 0 Å². The van der Waals surface area contributed by atoms with Gasteiger partial charge in [0.25, 0.3) is 11.6 Å². The minimum Gasteiger partial charge on any atom is -0.451 e. The summed E-state index contributed by atoms with van der Waals surface area (Å²) in [7, 11) is 0. The van der Waals surface area contributed by atoms with Crippen LogP contribution in [0.1, 0.15) is 9.67 Å². The van der Waals surface area contributed by atoms with Crippen molar-refractivity contribution in [2.75, 3.05) is 11.9 Å². The molecule has 0 unspecified atom stereocenters. The van der Waals surface area contributed by atoms with E-state index in [1.807, 2.05) is 0 Å². The molecule has 1 N–H and O–H groups in total. The average molecular weight is 409 g/mol. The van der Waals surface area contributed by atoms with Crippen molar-refractivity contribution in [3.63, 3.8) is 0 Å². The van der Waals surface area contributed by atoms with Crippen molar-refractivity contribution in [1.29, 1.82) is 0 Å². The highest BCUT2D eigenvalue weighted by molar-refractivity contribution is 7.21. The summed E-state index contributed by atoms with van der Waals surface area (Å²) in [6.07, 6.45) is 0. The van der Waals surface area contributed by atoms with Crippen LogP contribution >= 0.6 is 22.9 Å². The molecule has 1 amide bonds. The van der Waals surface area contributed by atoms with E-state index < -0.39 is 29.2 Å². The minimum atomic E-state index is -0.823. The molecule has 7 nitrogen and oxygen atoms in total. The van der Waals surface area contributed by atoms with Crippen molar-refractivity contribution < 1.29 is 23.6 Å². The lowest BCUT2D eigenvalue weighted by molar-refractivity contribution is -0.384. The van der Waals surface area contributed by atoms with Crippen LogP contribution in [0.4, 0.5) is 15.8 Å². The quantitative estimate of drug-likeness (QED) is 0.383. The molecule has 0 bridgehead atoms. The van der Waals surface area contributed by atoms with Gasteiger partial charge in [0, 0.05) is 27.9 Å². The van der Waals surface area contributed by atoms with E-state index in [4.69, 9.17) is 16.3 Å². The molecule has 0 atom stereocenters. The fourth-order valence-electron chi connectivity index (χ4n) is 2.26. The number of nitrogens with zero attached hydrogens (tertiary/aromatic N) is 1. The Balaban J connectivity index is 1.65. The Morgan fingerprint density at radius 1 is 1.26 bits per heavy atom. The van der Waals surface area contributed by atoms with Gasteiger partial charge in [-0.15, -0.1) is 11.3 Å². The first kappa shape index (κ1) is 18.7. The van der Waals surface area contributed by atoms with Gasteiger partial charge >= 0.3 is 5.97 Å². The van der Waals surface area contributed by atoms with Gasteiger partial charge in [-0.25, -0.2) is 9.18 Å². The summed E-state index contributed by atoms with van der Waals surface area (Å²) in [5, 5.41) is 13.8. The van der Waals surface area contributed by atoms with Crippen molar-refractivity contribution in [2.45, 2.75) is 0 Å². The Bertz CT molecular complexity index is 1070. The van der Waals surface area contributed by atoms with Crippen LogP contribution in [0.5, 0.6) is 0 Å². The number of rotatable bonds is 5. The number of nitrogens with one attached hydrogen (secondary N) is 1. The second kappa shape index (κ2) is 7.68. The second-order valence-corrected chi connectivity index (χ2v) is 6.75. The topological polar surface area (TPSA) is 98.5 Å². The second-order valence-electron chi connectivity index (χ2n) is 5.32. The van der Waals surface area contributed by atoms with Crippen molar-refractivity contribution in [2.24, 2.45) is 0 Å². The van der Waals surface area contributed by atoms with Gasteiger partial charge in [-0.2, -0.15) is 0 Å². The number of thiophene rings is 1. The smallest absolute Gasteiger partial charge is 0.350 e. The van der Waals surface area contributed by atoms with E-state index in [9.17, 15) is 24.1 Å². The number of benzene rings is 2. The lowest BCUT2D eigenvalue weighted by atomic mass is 10.2. The Labute approximate surface area is 160 Å². The normalized spacial score (nSPS) is 10.6. The highest BCUT2D eigenvalue weighted by Gasteiger charge is 2.20. The molecular weight excluding hydrogens is 399 g/mol. The van der Waals surface area contributed by atoms with Crippen LogP contribution in [0, 0.1) is 15.9 Å². The summed E-state index contributed by atoms with van der Waals surface area (Å²) in [6, 6.07) is 9.26. The molecule has 1 aromatic heterocycles. The zero-order valence-corrected chi connectivity index (χ0v) is 15.0. The number of anilines is 1. The number of carbonyl (C=O) groups is 2. The fourth-order valence-corrected chi connectivity index (χ4v) is 3.69. The number of carbonyl (C=O) groups excluding carboxylic acids is 2. The molecule has 27 heavy (non-hydrogen) atoms. The number of non-ortho nitro benzene ring substituents is 1. The van der Waals surface area contributed by atoms with Crippen LogP contribution in [0.25, 0.3) is 10.1 Å². The van der Waals surface area contributed by atoms with Gasteiger partial charge in [-0.05, 0) is 24.3 Å². The molecule has 0 saturated carbocycles. The van der Waals surface area contributed by atoms with Crippen molar-refractivity contribution in [1.82, 2.24) is 0 Å². The van der Waals surface area contributed by atoms with E-state index in [0.717, 1.165) is 11.3 Å². The number of nitro benzene ring substituents is 1. The molecular formula is C17H10ClFN2O5S. The molecule has 0 aliphatic carbocycles. The van der Waals surface area contributed by atoms with Gasteiger partial charge in [0.2, 0.25) is 0 Å². The van der Waals surface area contributed by atoms with E-state index in [1.54, 1.807) is 0 Å². The van der Waals surface area contributed by atoms with E-state index in [2.05, 4.69) is 5.32 Å². The van der Waals surface area contributed by atoms with E-state index in [-0.39, 0.29) is 21.3 Å². The maximum atomic E-state index is 13.3. The van der Waals surface area contributed by atoms with Gasteiger partial charge < -0.3 is 10.1 Å². The number of hydrogen-bond donors (Lipinski definition) is 1. The molecule has 0 aliphatic rings. The number of esters is 1. The largest absolute Gasteiger partial charge is 0.451 e. The minimum absolute atomic E-state index is 0.0559. The molecule has 0 spiro atoms. The summed E-state index contributed by atoms with van der Waals surface area (Å²) in [6.45, 7) is -0.611. The summed E-state index contributed by atoms with van der Waals surface area (Å²) in [4.78, 5) is 34.2. The SMILES string of the molecule is O=C(COC(=O)c1sc2cc(F)ccc2c1Cl)Nc1cccc([N+](=O)[O-])c1. The standard InChI is InChI=1S/C17H10ClFN2O5S/c18-15-12-5-4-9(19)6-13(12)27-16(15)17(23)26-8-14(22)20-10-2-1-3-11(7-10)21(24)25/h1-7H,8H2,(H,20,22). The zero-order chi connectivity index (χ0) is 19.6. The molecule has 3 aromatic rings. The summed E-state index contributed by atoms with van der Waals surface area (Å²) < 4.78 is 18.7. The number of ether oxygens (including phenoxy) is 1. The van der Waals surface area contributed by atoms with Gasteiger partial charge in [-0.1, -0.05) is 17.7 Å². The number of fused-ring (bicyclic) bond motifs is 1. The summed E-state index contributed by atoms with van der Waals surface area (Å²) in [5.41, 5.74) is 0.00898. The number of nitro groups is 1. The number of hydrogen-bond acceptors (Lipinski definition) is 6. The maximum Gasteiger partial charge on any atom is 0.350 e. The van der Waals surface area contributed by atoms with Crippen LogP contribution in [-0.4, -0.2) is 23.4 Å². The molecule has 0 radical (unpaired) electrons. The predicted molar refractivity (Wildman–Crippen MR) is 98.8 cm³/mol. The van der Waals surface area contributed by atoms with Crippen LogP contribution in [0.15, 0.2) is 42.5 Å². The van der Waals surface area contributed by atoms with Gasteiger partial charge in [0.15, 0.2) is 6.61 Å². The monoisotopic (exact) mass is 408 g/mol. The molecule has 0 saturated heterocycles. The molecule has 3 rings (SSSR count). The molecule has 138 valence electrons. The van der Waals surface area contributed by atoms with Gasteiger partial charge in [0.05, 0.1) is 9.95 Å². The number of amides is 1. The van der Waals surface area contributed by atoms with E-state index >= 15 is 0 Å². The highest BCUT2D eigenvalue weighted by atomic mass is 35.5. The van der Waals surface area contributed by atoms with Gasteiger partial charge in [-0.3, -0.25) is 14.9 Å². The van der Waals surface area contributed by atoms with Crippen LogP contribution < -0.4 is 5.32 Å². The molecule has 0 aliphatic heterocycles. The first-order chi connectivity index (χ1) is 12.8. The third kappa shape index (κ3) is 4.21. The summed E-state index contributed by atoms with van der Waals surface area (Å²) in [5.74, 6) is -1.96. The third-order valence-electron chi connectivity index (χ3n) is 3.45. The Morgan fingerprint density at radius 2 is 2.04 bits per heavy atom. The zero-order valence-electron chi connectivity index (χ0n) is 13.4. The lowest BCUT2D eigenvalue weighted by Crippen LogP contribution is -2.20. The first-order valence-corrected chi connectivity index (χ1v) is 8.63. The maximum absolute atomic E-state index is 13.3. The summed E-state index contributed by atoms with van der Waals surface area (Å²) >= 11 is 7.07. The van der Waals surface area contributed by atoms with Crippen LogP contribution in [0.2, 0.25) is 5.02 Å². The predicted octanol–water partition coefficient (Wildman–Crippen LogP) is 4.40. The molecule has 10 heteroatoms. The third-order valence-corrected chi connectivity index (χ3v) is 5.09. The van der Waals surface area contributed by atoms with Crippen molar-refractivity contribution >= 4 is 56.3 Å². The van der Waals surface area contributed by atoms with Crippen LogP contribution in [0.3, 0.4) is 0 Å². The highest BCUT2D eigenvalue weighted by Crippen LogP contribution is 2.36. The van der Waals surface area contributed by atoms with E-state index in [1.165, 1.54) is 42.5 Å². The Kier molecular flexibility index (Phi) is 5.33. The van der Waals surface area contributed by atoms with Crippen LogP contribution in [-0.2, 0) is 9.53 Å². The average Bonchev–Trinajstić information content (AvgIpc) is 2.96.